The van der Waals surface area contributed by atoms with E-state index in [1.54, 1.807) is 6.92 Å². The second-order valence-corrected chi connectivity index (χ2v) is 2.99. The molecular weight excluding hydrogens is 354 g/mol. The van der Waals surface area contributed by atoms with Gasteiger partial charge in [0.25, 0.3) is 0 Å². The van der Waals surface area contributed by atoms with Gasteiger partial charge in [0, 0.05) is 26.9 Å². The molecule has 4 N–H and O–H groups in total. The predicted octanol–water partition coefficient (Wildman–Crippen LogP) is 1.02. The van der Waals surface area contributed by atoms with E-state index in [0.29, 0.717) is 12.3 Å². The molecule has 0 saturated heterocycles. The Hall–Kier alpha value is 1.19. The summed E-state index contributed by atoms with van der Waals surface area (Å²) in [5.41, 5.74) is 10.4. The minimum Gasteiger partial charge on any atom is -0.464 e. The average Bonchev–Trinajstić information content (AvgIpc) is 1.65. The normalized spacial score (nSPS) is 16.2. The molecule has 0 radical (unpaired) electrons. The van der Waals surface area contributed by atoms with E-state index in [9.17, 15) is 0 Å². The first-order valence-corrected chi connectivity index (χ1v) is 3.55. The number of rotatable bonds is 3. The molecule has 0 amide bonds. The van der Waals surface area contributed by atoms with E-state index in [1.807, 2.05) is 0 Å². The van der Waals surface area contributed by atoms with Gasteiger partial charge >= 0.3 is 0 Å². The van der Waals surface area contributed by atoms with Crippen LogP contribution in [0.1, 0.15) is 13.3 Å². The van der Waals surface area contributed by atoms with Crippen molar-refractivity contribution in [2.24, 2.45) is 11.5 Å². The molecule has 0 aromatic rings. The van der Waals surface area contributed by atoms with Crippen molar-refractivity contribution in [3.05, 3.63) is 5.50 Å². The van der Waals surface area contributed by atoms with Crippen molar-refractivity contribution in [3.8, 4) is 0 Å². The Morgan fingerprint density at radius 3 is 2.10 bits per heavy atom. The molecule has 2 nitrogen and oxygen atoms in total. The van der Waals surface area contributed by atoms with Crippen LogP contribution in [0, 0.1) is 5.50 Å². The third kappa shape index (κ3) is 4.92. The third-order valence-corrected chi connectivity index (χ3v) is 1.78. The fourth-order valence-electron chi connectivity index (χ4n) is 0.316. The van der Waals surface area contributed by atoms with Crippen LogP contribution in [0.5, 0.6) is 0 Å². The van der Waals surface area contributed by atoms with E-state index in [1.165, 1.54) is 0 Å². The molecule has 0 aromatic heterocycles. The standard InChI is InChI=1S/C5H11Cl2N2.Pt/c1-5(9,2-3-6)4(7)8;/h2-3,8-9H2,1H3;/q-1;. The molecule has 0 bridgehead atoms. The topological polar surface area (TPSA) is 52.0 Å². The van der Waals surface area contributed by atoms with Crippen LogP contribution >= 0.6 is 23.2 Å². The fourth-order valence-corrected chi connectivity index (χ4v) is 0.803. The summed E-state index contributed by atoms with van der Waals surface area (Å²) in [6.45, 7) is 1.75. The Morgan fingerprint density at radius 1 is 1.60 bits per heavy atom. The van der Waals surface area contributed by atoms with Gasteiger partial charge in [-0.2, -0.15) is 5.50 Å². The third-order valence-electron chi connectivity index (χ3n) is 1.16. The Balaban J connectivity index is 0. The number of alkyl halides is 1. The van der Waals surface area contributed by atoms with Crippen LogP contribution < -0.4 is 11.5 Å². The summed E-state index contributed by atoms with van der Waals surface area (Å²) in [6, 6.07) is 0. The molecule has 10 heavy (non-hydrogen) atoms. The molecule has 0 rings (SSSR count). The van der Waals surface area contributed by atoms with Gasteiger partial charge in [0.15, 0.2) is 0 Å². The van der Waals surface area contributed by atoms with Gasteiger partial charge in [0.2, 0.25) is 0 Å². The second-order valence-electron chi connectivity index (χ2n) is 2.20. The molecular formula is C5H11Cl2N2Pt-. The zero-order valence-electron chi connectivity index (χ0n) is 5.64. The Morgan fingerprint density at radius 2 is 2.00 bits per heavy atom. The van der Waals surface area contributed by atoms with Crippen LogP contribution in [0.15, 0.2) is 0 Å². The summed E-state index contributed by atoms with van der Waals surface area (Å²) < 4.78 is 0. The van der Waals surface area contributed by atoms with Gasteiger partial charge in [-0.1, -0.05) is 12.5 Å². The molecule has 0 aliphatic carbocycles. The van der Waals surface area contributed by atoms with Crippen LogP contribution in [0.2, 0.25) is 0 Å². The van der Waals surface area contributed by atoms with Crippen LogP contribution in [-0.2, 0) is 21.1 Å². The van der Waals surface area contributed by atoms with E-state index < -0.39 is 5.54 Å². The van der Waals surface area contributed by atoms with Gasteiger partial charge < -0.3 is 23.1 Å². The zero-order chi connectivity index (χ0) is 7.49. The largest absolute Gasteiger partial charge is 0.464 e. The Bertz CT molecular complexity index is 87.7. The van der Waals surface area contributed by atoms with Gasteiger partial charge in [-0.15, -0.1) is 11.6 Å². The number of nitrogens with two attached hydrogens (primary N) is 2. The summed E-state index contributed by atoms with van der Waals surface area (Å²) in [5.74, 6) is 0.473. The monoisotopic (exact) mass is 364 g/mol. The minimum atomic E-state index is -0.622. The van der Waals surface area contributed by atoms with Crippen molar-refractivity contribution < 1.29 is 21.1 Å². The smallest absolute Gasteiger partial charge is 0.0216 e. The van der Waals surface area contributed by atoms with Crippen LogP contribution in [0.3, 0.4) is 0 Å². The van der Waals surface area contributed by atoms with Crippen molar-refractivity contribution in [1.29, 1.82) is 0 Å². The summed E-state index contributed by atoms with van der Waals surface area (Å²) in [5, 5.41) is 0. The quantitative estimate of drug-likeness (QED) is 0.446. The summed E-state index contributed by atoms with van der Waals surface area (Å²) in [7, 11) is 0. The zero-order valence-corrected chi connectivity index (χ0v) is 9.43. The molecule has 66 valence electrons. The van der Waals surface area contributed by atoms with Gasteiger partial charge in [-0.25, -0.2) is 0 Å². The maximum atomic E-state index is 5.59. The van der Waals surface area contributed by atoms with E-state index >= 15 is 0 Å². The van der Waals surface area contributed by atoms with Crippen molar-refractivity contribution in [3.63, 3.8) is 0 Å². The first kappa shape index (κ1) is 13.8. The van der Waals surface area contributed by atoms with Crippen LogP contribution in [0.4, 0.5) is 0 Å². The molecule has 0 fully saturated rings. The van der Waals surface area contributed by atoms with Crippen LogP contribution in [0.25, 0.3) is 0 Å². The predicted molar refractivity (Wildman–Crippen MR) is 41.2 cm³/mol. The van der Waals surface area contributed by atoms with Gasteiger partial charge in [-0.3, -0.25) is 0 Å². The van der Waals surface area contributed by atoms with Gasteiger partial charge in [-0.05, 0) is 6.42 Å². The first-order valence-electron chi connectivity index (χ1n) is 2.64. The molecule has 0 spiro atoms. The number of hydrogen-bond donors (Lipinski definition) is 2. The fraction of sp³-hybridized carbons (Fsp3) is 0.800. The van der Waals surface area contributed by atoms with Crippen molar-refractivity contribution in [2.75, 3.05) is 5.88 Å². The SMILES string of the molecule is CC(N)(CCCl)[C-](N)Cl.[Pt]. The van der Waals surface area contributed by atoms with Gasteiger partial charge in [0.1, 0.15) is 0 Å². The molecule has 0 aromatic carbocycles. The number of hydrogen-bond acceptors (Lipinski definition) is 2. The molecule has 1 atom stereocenters. The van der Waals surface area contributed by atoms with Crippen molar-refractivity contribution in [2.45, 2.75) is 18.9 Å². The summed E-state index contributed by atoms with van der Waals surface area (Å²) >= 11 is 10.9. The molecule has 1 unspecified atom stereocenters. The average molecular weight is 365 g/mol. The van der Waals surface area contributed by atoms with E-state index in [0.717, 1.165) is 0 Å². The van der Waals surface area contributed by atoms with E-state index in [2.05, 4.69) is 0 Å². The maximum absolute atomic E-state index is 5.59. The molecule has 0 aliphatic heterocycles. The minimum absolute atomic E-state index is 0. The first-order chi connectivity index (χ1) is 4.00. The summed E-state index contributed by atoms with van der Waals surface area (Å²) in [4.78, 5) is 0. The van der Waals surface area contributed by atoms with E-state index in [-0.39, 0.29) is 26.6 Å². The number of halogens is 2. The molecule has 0 heterocycles. The molecule has 0 saturated carbocycles. The maximum Gasteiger partial charge on any atom is 0.0216 e. The summed E-state index contributed by atoms with van der Waals surface area (Å²) in [6.07, 6.45) is 0.601. The van der Waals surface area contributed by atoms with Crippen molar-refractivity contribution >= 4 is 23.2 Å². The second kappa shape index (κ2) is 5.79. The Labute approximate surface area is 85.9 Å². The van der Waals surface area contributed by atoms with Crippen molar-refractivity contribution in [1.82, 2.24) is 0 Å². The molecule has 5 heteroatoms. The Kier molecular flexibility index (Phi) is 7.96. The van der Waals surface area contributed by atoms with E-state index in [4.69, 9.17) is 34.7 Å². The molecule has 0 aliphatic rings. The van der Waals surface area contributed by atoms with Crippen LogP contribution in [-0.4, -0.2) is 11.4 Å². The van der Waals surface area contributed by atoms with Gasteiger partial charge in [0.05, 0.1) is 0 Å².